The molecule has 0 aromatic heterocycles. The third kappa shape index (κ3) is 7.58. The molecule has 1 N–H and O–H groups in total. The first-order valence-electron chi connectivity index (χ1n) is 14.9. The van der Waals surface area contributed by atoms with E-state index in [2.05, 4.69) is 60.0 Å². The van der Waals surface area contributed by atoms with Gasteiger partial charge in [0.05, 0.1) is 35.9 Å². The molecule has 3 saturated carbocycles. The zero-order chi connectivity index (χ0) is 30.3. The molecule has 6 atom stereocenters. The summed E-state index contributed by atoms with van der Waals surface area (Å²) in [4.78, 5) is 25.5. The fraction of sp³-hybridized carbons (Fsp3) is 0.867. The molecule has 0 aromatic rings. The quantitative estimate of drug-likeness (QED) is 0.174. The van der Waals surface area contributed by atoms with E-state index < -0.39 is 27.1 Å². The van der Waals surface area contributed by atoms with Crippen molar-refractivity contribution in [2.45, 2.75) is 135 Å². The van der Waals surface area contributed by atoms with Gasteiger partial charge in [0.15, 0.2) is 8.32 Å². The van der Waals surface area contributed by atoms with Crippen molar-refractivity contribution in [3.05, 3.63) is 12.2 Å². The summed E-state index contributed by atoms with van der Waals surface area (Å²) in [6.07, 6.45) is 8.33. The zero-order valence-corrected chi connectivity index (χ0v) is 28.8. The third-order valence-corrected chi connectivity index (χ3v) is 14.8. The van der Waals surface area contributed by atoms with E-state index >= 15 is 0 Å². The van der Waals surface area contributed by atoms with E-state index in [4.69, 9.17) is 18.5 Å². The highest BCUT2D eigenvalue weighted by Crippen LogP contribution is 2.65. The second kappa shape index (κ2) is 12.1. The van der Waals surface area contributed by atoms with Gasteiger partial charge >= 0.3 is 13.1 Å². The molecule has 1 aliphatic heterocycles. The highest BCUT2D eigenvalue weighted by Gasteiger charge is 2.68. The van der Waals surface area contributed by atoms with Crippen LogP contribution in [-0.2, 0) is 28.1 Å². The average Bonchev–Trinajstić information content (AvgIpc) is 3.13. The van der Waals surface area contributed by atoms with Crippen LogP contribution in [0.5, 0.6) is 0 Å². The summed E-state index contributed by atoms with van der Waals surface area (Å²) in [6.45, 7) is 23.4. The molecule has 4 aliphatic rings. The maximum Gasteiger partial charge on any atom is 0.482 e. The summed E-state index contributed by atoms with van der Waals surface area (Å²) >= 11 is 1.49. The second-order valence-corrected chi connectivity index (χ2v) is 20.9. The van der Waals surface area contributed by atoms with Gasteiger partial charge in [0.1, 0.15) is 5.60 Å². The monoisotopic (exact) mass is 595 g/mol. The first-order chi connectivity index (χ1) is 18.2. The fourth-order valence-electron chi connectivity index (χ4n) is 6.32. The Labute approximate surface area is 248 Å². The number of thioether (sulfide) groups is 1. The van der Waals surface area contributed by atoms with Crippen LogP contribution < -0.4 is 5.32 Å². The maximum absolute atomic E-state index is 12.8. The number of nitrogens with one attached hydrogen (secondary N) is 1. The van der Waals surface area contributed by atoms with Gasteiger partial charge in [0.25, 0.3) is 0 Å². The minimum absolute atomic E-state index is 0.00688. The number of hydrogen-bond acceptors (Lipinski definition) is 7. The van der Waals surface area contributed by atoms with Gasteiger partial charge < -0.3 is 23.8 Å². The number of rotatable bonds is 11. The molecule has 0 radical (unpaired) electrons. The Morgan fingerprint density at radius 1 is 1.15 bits per heavy atom. The Kier molecular flexibility index (Phi) is 10.2. The van der Waals surface area contributed by atoms with Crippen molar-refractivity contribution in [3.63, 3.8) is 0 Å². The zero-order valence-electron chi connectivity index (χ0n) is 27.0. The molecule has 2 unspecified atom stereocenters. The molecule has 3 aliphatic carbocycles. The second-order valence-electron chi connectivity index (χ2n) is 15.3. The Morgan fingerprint density at radius 2 is 1.80 bits per heavy atom. The van der Waals surface area contributed by atoms with E-state index in [9.17, 15) is 9.59 Å². The minimum Gasteiger partial charge on any atom is -0.460 e. The van der Waals surface area contributed by atoms with Crippen LogP contribution >= 0.6 is 11.8 Å². The van der Waals surface area contributed by atoms with Gasteiger partial charge in [-0.05, 0) is 88.6 Å². The van der Waals surface area contributed by atoms with E-state index in [0.29, 0.717) is 24.0 Å². The van der Waals surface area contributed by atoms with Gasteiger partial charge in [-0.15, -0.1) is 0 Å². The van der Waals surface area contributed by atoms with Crippen molar-refractivity contribution in [1.29, 1.82) is 0 Å². The Bertz CT molecular complexity index is 961. The van der Waals surface area contributed by atoms with Crippen LogP contribution in [-0.4, -0.2) is 68.7 Å². The topological polar surface area (TPSA) is 83.1 Å². The summed E-state index contributed by atoms with van der Waals surface area (Å²) in [5.41, 5.74) is -0.662. The molecule has 0 spiro atoms. The first kappa shape index (κ1) is 33.7. The molecule has 4 fully saturated rings. The van der Waals surface area contributed by atoms with Crippen molar-refractivity contribution in [3.8, 4) is 0 Å². The highest BCUT2D eigenvalue weighted by atomic mass is 32.2. The summed E-state index contributed by atoms with van der Waals surface area (Å²) in [5.74, 6) is 0.818. The normalized spacial score (nSPS) is 29.5. The number of amides is 1. The number of carbonyl (C=O) groups is 2. The highest BCUT2D eigenvalue weighted by molar-refractivity contribution is 7.99. The van der Waals surface area contributed by atoms with E-state index in [0.717, 1.165) is 6.42 Å². The molecule has 1 amide bonds. The number of hydrogen-bond donors (Lipinski definition) is 1. The Balaban J connectivity index is 1.77. The van der Waals surface area contributed by atoms with Crippen LogP contribution in [0.1, 0.15) is 88.0 Å². The molecule has 40 heavy (non-hydrogen) atoms. The van der Waals surface area contributed by atoms with Crippen LogP contribution in [0.4, 0.5) is 0 Å². The van der Waals surface area contributed by atoms with Crippen molar-refractivity contribution < 1.29 is 28.1 Å². The lowest BCUT2D eigenvalue weighted by molar-refractivity contribution is -0.199. The van der Waals surface area contributed by atoms with E-state index in [-0.39, 0.29) is 46.4 Å². The SMILES string of the molecule is CSCC(=O)N[C@@H](C/C=C\C(CC(=O)OC(C)(C)C)O[Si](C)(C)C(C)(C)C)B1OC2C[C@@H]3C[C@@H](C3(C)C)[C@]2(C)O1. The van der Waals surface area contributed by atoms with Crippen molar-refractivity contribution in [2.75, 3.05) is 12.0 Å². The largest absolute Gasteiger partial charge is 0.482 e. The Hall–Kier alpha value is -0.808. The summed E-state index contributed by atoms with van der Waals surface area (Å²) in [6, 6.07) is 0. The molecule has 1 heterocycles. The predicted molar refractivity (Wildman–Crippen MR) is 167 cm³/mol. The average molecular weight is 596 g/mol. The summed E-state index contributed by atoms with van der Waals surface area (Å²) < 4.78 is 25.5. The molecule has 1 saturated heterocycles. The van der Waals surface area contributed by atoms with Crippen LogP contribution in [0.2, 0.25) is 18.1 Å². The van der Waals surface area contributed by atoms with Gasteiger partial charge in [0, 0.05) is 0 Å². The van der Waals surface area contributed by atoms with E-state index in [1.54, 1.807) is 0 Å². The van der Waals surface area contributed by atoms with Crippen LogP contribution in [0.15, 0.2) is 12.2 Å². The van der Waals surface area contributed by atoms with Crippen LogP contribution in [0, 0.1) is 17.3 Å². The van der Waals surface area contributed by atoms with Crippen LogP contribution in [0.25, 0.3) is 0 Å². The summed E-state index contributed by atoms with van der Waals surface area (Å²) in [7, 11) is -2.68. The molecule has 0 aromatic carbocycles. The molecular weight excluding hydrogens is 541 g/mol. The fourth-order valence-corrected chi connectivity index (χ4v) is 7.94. The van der Waals surface area contributed by atoms with Gasteiger partial charge in [-0.1, -0.05) is 46.8 Å². The van der Waals surface area contributed by atoms with Crippen molar-refractivity contribution >= 4 is 39.1 Å². The lowest BCUT2D eigenvalue weighted by Gasteiger charge is -2.64. The first-order valence-corrected chi connectivity index (χ1v) is 19.2. The summed E-state index contributed by atoms with van der Waals surface area (Å²) in [5, 5.41) is 3.16. The molecular formula is C30H54BNO6SSi. The standard InChI is InChI=1S/C30H54BNO6SSi/c1-27(2,3)35-26(34)18-21(37-40(11,12)28(4,5)6)14-13-15-24(32-25(33)19-39-10)31-36-23-17-20-16-22(29(20,7)8)30(23,9)38-31/h13-14,20-24H,15-19H2,1-12H3,(H,32,33)/b14-13-/t20-,21?,22-,23?,24-,30-/m0/s1. The lowest BCUT2D eigenvalue weighted by atomic mass is 9.43. The molecule has 4 rings (SSSR count). The van der Waals surface area contributed by atoms with Crippen molar-refractivity contribution in [2.24, 2.45) is 17.3 Å². The van der Waals surface area contributed by atoms with Crippen molar-refractivity contribution in [1.82, 2.24) is 5.32 Å². The number of esters is 1. The van der Waals surface area contributed by atoms with Gasteiger partial charge in [0.2, 0.25) is 5.91 Å². The molecule has 7 nitrogen and oxygen atoms in total. The minimum atomic E-state index is -2.16. The van der Waals surface area contributed by atoms with Gasteiger partial charge in [-0.2, -0.15) is 11.8 Å². The molecule has 10 heteroatoms. The molecule has 228 valence electrons. The molecule has 2 bridgehead atoms. The third-order valence-electron chi connectivity index (χ3n) is 9.70. The van der Waals surface area contributed by atoms with E-state index in [1.165, 1.54) is 18.2 Å². The van der Waals surface area contributed by atoms with E-state index in [1.807, 2.05) is 39.2 Å². The number of carbonyl (C=O) groups excluding carboxylic acids is 2. The van der Waals surface area contributed by atoms with Gasteiger partial charge in [-0.3, -0.25) is 9.59 Å². The maximum atomic E-state index is 12.8. The Morgan fingerprint density at radius 3 is 2.35 bits per heavy atom. The predicted octanol–water partition coefficient (Wildman–Crippen LogP) is 6.17. The van der Waals surface area contributed by atoms with Crippen LogP contribution in [0.3, 0.4) is 0 Å². The smallest absolute Gasteiger partial charge is 0.460 e. The van der Waals surface area contributed by atoms with Gasteiger partial charge in [-0.25, -0.2) is 0 Å². The number of ether oxygens (including phenoxy) is 1. The lowest BCUT2D eigenvalue weighted by Crippen LogP contribution is -2.65.